The summed E-state index contributed by atoms with van der Waals surface area (Å²) in [6.07, 6.45) is 2.93. The molecule has 120 valence electrons. The highest BCUT2D eigenvalue weighted by atomic mass is 16.5. The van der Waals surface area contributed by atoms with Gasteiger partial charge in [0.2, 0.25) is 5.89 Å². The molecule has 0 bridgehead atoms. The molecule has 0 radical (unpaired) electrons. The number of hydrogen-bond donors (Lipinski definition) is 0. The number of hydrogen-bond acceptors (Lipinski definition) is 6. The minimum atomic E-state index is -0.572. The lowest BCUT2D eigenvalue weighted by atomic mass is 10.2. The smallest absolute Gasteiger partial charge is 0.342 e. The molecular weight excluding hydrogens is 308 g/mol. The predicted molar refractivity (Wildman–Crippen MR) is 83.9 cm³/mol. The number of oxazole rings is 1. The van der Waals surface area contributed by atoms with Crippen molar-refractivity contribution < 1.29 is 13.9 Å². The Kier molecular flexibility index (Phi) is 4.38. The molecule has 0 spiro atoms. The predicted octanol–water partition coefficient (Wildman–Crippen LogP) is 2.63. The average molecular weight is 322 g/mol. The lowest BCUT2D eigenvalue weighted by Gasteiger charge is -2.01. The Labute approximate surface area is 138 Å². The number of carbonyl (C=O) groups is 1. The van der Waals surface area contributed by atoms with Crippen molar-refractivity contribution in [1.29, 1.82) is 5.26 Å². The van der Waals surface area contributed by atoms with Crippen LogP contribution < -0.4 is 0 Å². The third-order valence-corrected chi connectivity index (χ3v) is 3.34. The lowest BCUT2D eigenvalue weighted by molar-refractivity contribution is 0.0526. The second-order valence-electron chi connectivity index (χ2n) is 4.88. The summed E-state index contributed by atoms with van der Waals surface area (Å²) in [7, 11) is 0. The fraction of sp³-hybridized carbons (Fsp3) is 0.176. The van der Waals surface area contributed by atoms with Crippen LogP contribution >= 0.6 is 0 Å². The van der Waals surface area contributed by atoms with Gasteiger partial charge in [-0.3, -0.25) is 0 Å². The molecule has 0 unspecified atom stereocenters. The fourth-order valence-corrected chi connectivity index (χ4v) is 2.23. The summed E-state index contributed by atoms with van der Waals surface area (Å²) in [6.45, 7) is 2.08. The Bertz CT molecular complexity index is 890. The first-order valence-electron chi connectivity index (χ1n) is 7.36. The first-order valence-corrected chi connectivity index (χ1v) is 7.36. The van der Waals surface area contributed by atoms with E-state index in [1.54, 1.807) is 13.1 Å². The number of esters is 1. The van der Waals surface area contributed by atoms with Crippen LogP contribution in [0.25, 0.3) is 11.3 Å². The third kappa shape index (κ3) is 3.03. The van der Waals surface area contributed by atoms with E-state index in [1.807, 2.05) is 36.4 Å². The number of ether oxygens (including phenoxy) is 1. The van der Waals surface area contributed by atoms with Crippen molar-refractivity contribution in [2.24, 2.45) is 0 Å². The molecule has 3 aromatic rings. The zero-order chi connectivity index (χ0) is 16.9. The molecule has 24 heavy (non-hydrogen) atoms. The molecule has 2 aromatic heterocycles. The van der Waals surface area contributed by atoms with E-state index in [9.17, 15) is 10.1 Å². The number of rotatable bonds is 5. The van der Waals surface area contributed by atoms with Crippen LogP contribution in [0.1, 0.15) is 28.9 Å². The minimum absolute atomic E-state index is 0.118. The molecule has 0 saturated heterocycles. The summed E-state index contributed by atoms with van der Waals surface area (Å²) in [5.74, 6) is 0.448. The Morgan fingerprint density at radius 1 is 1.33 bits per heavy atom. The topological polar surface area (TPSA) is 93.9 Å². The van der Waals surface area contributed by atoms with Crippen LogP contribution in [0.4, 0.5) is 0 Å². The van der Waals surface area contributed by atoms with Gasteiger partial charge in [-0.1, -0.05) is 30.3 Å². The molecular formula is C17H14N4O3. The molecule has 0 N–H and O–H groups in total. The molecule has 7 heteroatoms. The Morgan fingerprint density at radius 3 is 2.83 bits per heavy atom. The molecule has 0 aliphatic carbocycles. The zero-order valence-electron chi connectivity index (χ0n) is 13.0. The van der Waals surface area contributed by atoms with Crippen LogP contribution in [-0.2, 0) is 11.3 Å². The maximum absolute atomic E-state index is 11.8. The van der Waals surface area contributed by atoms with E-state index < -0.39 is 5.97 Å². The van der Waals surface area contributed by atoms with Gasteiger partial charge in [-0.25, -0.2) is 14.5 Å². The molecule has 0 aliphatic heterocycles. The maximum atomic E-state index is 11.8. The van der Waals surface area contributed by atoms with Crippen LogP contribution in [0.5, 0.6) is 0 Å². The quantitative estimate of drug-likeness (QED) is 0.670. The largest absolute Gasteiger partial charge is 0.462 e. The Morgan fingerprint density at radius 2 is 2.12 bits per heavy atom. The van der Waals surface area contributed by atoms with Crippen LogP contribution in [0.3, 0.4) is 0 Å². The van der Waals surface area contributed by atoms with Gasteiger partial charge in [-0.2, -0.15) is 10.4 Å². The summed E-state index contributed by atoms with van der Waals surface area (Å²) in [6, 6.07) is 11.5. The van der Waals surface area contributed by atoms with Crippen molar-refractivity contribution in [3.8, 4) is 17.4 Å². The van der Waals surface area contributed by atoms with Gasteiger partial charge in [0.05, 0.1) is 19.0 Å². The Balaban J connectivity index is 1.84. The molecule has 0 atom stereocenters. The minimum Gasteiger partial charge on any atom is -0.462 e. The molecule has 0 saturated carbocycles. The van der Waals surface area contributed by atoms with Gasteiger partial charge < -0.3 is 9.15 Å². The van der Waals surface area contributed by atoms with Crippen molar-refractivity contribution in [2.75, 3.05) is 6.61 Å². The average Bonchev–Trinajstić information content (AvgIpc) is 3.23. The molecule has 0 amide bonds. The van der Waals surface area contributed by atoms with Gasteiger partial charge in [0.1, 0.15) is 18.2 Å². The van der Waals surface area contributed by atoms with Crippen LogP contribution in [0.15, 0.2) is 47.1 Å². The first-order chi connectivity index (χ1) is 11.7. The summed E-state index contributed by atoms with van der Waals surface area (Å²) < 4.78 is 12.0. The summed E-state index contributed by atoms with van der Waals surface area (Å²) >= 11 is 0. The number of carbonyl (C=O) groups excluding carboxylic acids is 1. The normalized spacial score (nSPS) is 10.3. The summed E-state index contributed by atoms with van der Waals surface area (Å²) in [5.41, 5.74) is 1.16. The van der Waals surface area contributed by atoms with Crippen molar-refractivity contribution in [2.45, 2.75) is 13.5 Å². The van der Waals surface area contributed by atoms with E-state index in [2.05, 4.69) is 10.1 Å². The van der Waals surface area contributed by atoms with E-state index in [0.29, 0.717) is 11.7 Å². The fourth-order valence-electron chi connectivity index (χ4n) is 2.23. The van der Waals surface area contributed by atoms with Crippen LogP contribution in [0.2, 0.25) is 0 Å². The standard InChI is InChI=1S/C17H14N4O3/c1-2-23-17(22)13-9-20-21(14(13)8-18)11-16-19-10-15(24-16)12-6-4-3-5-7-12/h3-7,9-10H,2,11H2,1H3. The van der Waals surface area contributed by atoms with Gasteiger partial charge in [-0.15, -0.1) is 0 Å². The van der Waals surface area contributed by atoms with E-state index in [0.717, 1.165) is 5.56 Å². The molecule has 3 rings (SSSR count). The van der Waals surface area contributed by atoms with Crippen molar-refractivity contribution in [1.82, 2.24) is 14.8 Å². The second kappa shape index (κ2) is 6.79. The highest BCUT2D eigenvalue weighted by molar-refractivity contribution is 5.91. The van der Waals surface area contributed by atoms with Gasteiger partial charge in [0.25, 0.3) is 0 Å². The lowest BCUT2D eigenvalue weighted by Crippen LogP contribution is -2.09. The third-order valence-electron chi connectivity index (χ3n) is 3.34. The number of benzene rings is 1. The maximum Gasteiger partial charge on any atom is 0.342 e. The molecule has 0 aliphatic rings. The second-order valence-corrected chi connectivity index (χ2v) is 4.88. The molecule has 0 fully saturated rings. The first kappa shape index (κ1) is 15.5. The highest BCUT2D eigenvalue weighted by Crippen LogP contribution is 2.20. The van der Waals surface area contributed by atoms with Crippen LogP contribution in [-0.4, -0.2) is 27.3 Å². The summed E-state index contributed by atoms with van der Waals surface area (Å²) in [5, 5.41) is 13.4. The zero-order valence-corrected chi connectivity index (χ0v) is 13.0. The van der Waals surface area contributed by atoms with Gasteiger partial charge in [0.15, 0.2) is 11.5 Å². The SMILES string of the molecule is CCOC(=O)c1cnn(Cc2ncc(-c3ccccc3)o2)c1C#N. The van der Waals surface area contributed by atoms with Crippen molar-refractivity contribution >= 4 is 5.97 Å². The number of nitrogens with zero attached hydrogens (tertiary/aromatic N) is 4. The highest BCUT2D eigenvalue weighted by Gasteiger charge is 2.19. The van der Waals surface area contributed by atoms with Gasteiger partial charge >= 0.3 is 5.97 Å². The van der Waals surface area contributed by atoms with E-state index in [-0.39, 0.29) is 24.4 Å². The van der Waals surface area contributed by atoms with Gasteiger partial charge in [0, 0.05) is 5.56 Å². The molecule has 7 nitrogen and oxygen atoms in total. The Hall–Kier alpha value is -3.40. The molecule has 1 aromatic carbocycles. The van der Waals surface area contributed by atoms with E-state index in [4.69, 9.17) is 9.15 Å². The van der Waals surface area contributed by atoms with E-state index in [1.165, 1.54) is 10.9 Å². The van der Waals surface area contributed by atoms with Crippen molar-refractivity contribution in [3.63, 3.8) is 0 Å². The van der Waals surface area contributed by atoms with Gasteiger partial charge in [-0.05, 0) is 6.92 Å². The van der Waals surface area contributed by atoms with E-state index >= 15 is 0 Å². The van der Waals surface area contributed by atoms with Crippen LogP contribution in [0, 0.1) is 11.3 Å². The summed E-state index contributed by atoms with van der Waals surface area (Å²) in [4.78, 5) is 16.0. The monoisotopic (exact) mass is 322 g/mol. The molecule has 2 heterocycles. The number of nitriles is 1. The number of aromatic nitrogens is 3. The van der Waals surface area contributed by atoms with Crippen molar-refractivity contribution in [3.05, 3.63) is 59.9 Å².